The van der Waals surface area contributed by atoms with E-state index in [1.807, 2.05) is 13.8 Å². The molecule has 0 heterocycles. The van der Waals surface area contributed by atoms with E-state index in [2.05, 4.69) is 6.58 Å². The molecule has 0 bridgehead atoms. The van der Waals surface area contributed by atoms with Crippen molar-refractivity contribution in [1.82, 2.24) is 0 Å². The molecule has 0 aliphatic carbocycles. The van der Waals surface area contributed by atoms with Crippen LogP contribution < -0.4 is 0 Å². The molecule has 20 heavy (non-hydrogen) atoms. The van der Waals surface area contributed by atoms with Crippen LogP contribution in [0.15, 0.2) is 30.9 Å². The average Bonchev–Trinajstić information content (AvgIpc) is 2.34. The number of hydrogen-bond acceptors (Lipinski definition) is 4. The Balaban J connectivity index is 3.01. The number of aliphatic hydroxyl groups is 2. The summed E-state index contributed by atoms with van der Waals surface area (Å²) in [5.41, 5.74) is 0.399. The molecule has 4 N–H and O–H groups in total. The second kappa shape index (κ2) is 7.31. The van der Waals surface area contributed by atoms with E-state index >= 15 is 0 Å². The molecule has 0 saturated heterocycles. The van der Waals surface area contributed by atoms with Crippen LogP contribution in [0.3, 0.4) is 0 Å². The first-order chi connectivity index (χ1) is 9.35. The third-order valence-corrected chi connectivity index (χ3v) is 3.32. The fourth-order valence-corrected chi connectivity index (χ4v) is 2.42. The molecule has 4 nitrogen and oxygen atoms in total. The van der Waals surface area contributed by atoms with Gasteiger partial charge in [-0.1, -0.05) is 19.9 Å². The van der Waals surface area contributed by atoms with Crippen LogP contribution in [-0.4, -0.2) is 26.5 Å². The summed E-state index contributed by atoms with van der Waals surface area (Å²) in [7, 11) is 0. The third kappa shape index (κ3) is 4.54. The Labute approximate surface area is 120 Å². The standard InChI is InChI=1S/C16H24O4/c1-4-5-15(19)14(6-10(2)3)16(20)11-7-12(17)9-13(18)8-11/h4,7-10,14-20H,1,5-6H2,2-3H3/t14-,15-,16+/m1/s1. The van der Waals surface area contributed by atoms with Crippen molar-refractivity contribution < 1.29 is 20.4 Å². The number of phenols is 2. The second-order valence-electron chi connectivity index (χ2n) is 5.61. The fraction of sp³-hybridized carbons (Fsp3) is 0.500. The van der Waals surface area contributed by atoms with Crippen LogP contribution in [0.2, 0.25) is 0 Å². The molecule has 1 aromatic carbocycles. The maximum Gasteiger partial charge on any atom is 0.119 e. The summed E-state index contributed by atoms with van der Waals surface area (Å²) in [6.45, 7) is 7.63. The van der Waals surface area contributed by atoms with Crippen LogP contribution in [0.25, 0.3) is 0 Å². The van der Waals surface area contributed by atoms with Crippen LogP contribution >= 0.6 is 0 Å². The molecule has 0 saturated carbocycles. The van der Waals surface area contributed by atoms with Crippen LogP contribution in [0.1, 0.15) is 38.4 Å². The lowest BCUT2D eigenvalue weighted by atomic mass is 9.83. The van der Waals surface area contributed by atoms with E-state index < -0.39 is 12.2 Å². The zero-order valence-corrected chi connectivity index (χ0v) is 12.0. The Kier molecular flexibility index (Phi) is 6.05. The van der Waals surface area contributed by atoms with Crippen LogP contribution in [0.5, 0.6) is 11.5 Å². The molecule has 0 unspecified atom stereocenters. The van der Waals surface area contributed by atoms with E-state index in [1.54, 1.807) is 6.08 Å². The molecule has 0 fully saturated rings. The topological polar surface area (TPSA) is 80.9 Å². The van der Waals surface area contributed by atoms with E-state index in [9.17, 15) is 20.4 Å². The lowest BCUT2D eigenvalue weighted by Gasteiger charge is -2.29. The van der Waals surface area contributed by atoms with E-state index in [0.717, 1.165) is 0 Å². The minimum absolute atomic E-state index is 0.111. The van der Waals surface area contributed by atoms with Gasteiger partial charge in [0.25, 0.3) is 0 Å². The largest absolute Gasteiger partial charge is 0.508 e. The maximum atomic E-state index is 10.5. The highest BCUT2D eigenvalue weighted by atomic mass is 16.3. The highest BCUT2D eigenvalue weighted by Crippen LogP contribution is 2.34. The van der Waals surface area contributed by atoms with E-state index in [4.69, 9.17) is 0 Å². The minimum atomic E-state index is -0.953. The molecule has 0 amide bonds. The summed E-state index contributed by atoms with van der Waals surface area (Å²) in [5.74, 6) is -0.296. The van der Waals surface area contributed by atoms with Gasteiger partial charge in [0, 0.05) is 12.0 Å². The Bertz CT molecular complexity index is 422. The average molecular weight is 280 g/mol. The number of hydrogen-bond donors (Lipinski definition) is 4. The van der Waals surface area contributed by atoms with Crippen molar-refractivity contribution in [2.75, 3.05) is 0 Å². The Morgan fingerprint density at radius 2 is 1.65 bits per heavy atom. The smallest absolute Gasteiger partial charge is 0.119 e. The molecule has 0 aromatic heterocycles. The van der Waals surface area contributed by atoms with Gasteiger partial charge in [0.15, 0.2) is 0 Å². The first-order valence-corrected chi connectivity index (χ1v) is 6.85. The lowest BCUT2D eigenvalue weighted by Crippen LogP contribution is -2.27. The molecule has 1 aromatic rings. The van der Waals surface area contributed by atoms with Crippen molar-refractivity contribution in [3.8, 4) is 11.5 Å². The van der Waals surface area contributed by atoms with Crippen molar-refractivity contribution >= 4 is 0 Å². The number of aromatic hydroxyl groups is 2. The normalized spacial score (nSPS) is 15.8. The van der Waals surface area contributed by atoms with Gasteiger partial charge in [0.1, 0.15) is 11.5 Å². The predicted molar refractivity (Wildman–Crippen MR) is 78.5 cm³/mol. The van der Waals surface area contributed by atoms with Gasteiger partial charge < -0.3 is 20.4 Å². The summed E-state index contributed by atoms with van der Waals surface area (Å²) >= 11 is 0. The van der Waals surface area contributed by atoms with E-state index in [1.165, 1.54) is 18.2 Å². The van der Waals surface area contributed by atoms with E-state index in [0.29, 0.717) is 24.3 Å². The molecule has 0 radical (unpaired) electrons. The van der Waals surface area contributed by atoms with Crippen LogP contribution in [0, 0.1) is 11.8 Å². The molecule has 1 rings (SSSR count). The summed E-state index contributed by atoms with van der Waals surface area (Å²) in [5, 5.41) is 39.6. The lowest BCUT2D eigenvalue weighted by molar-refractivity contribution is 0.00196. The molecular weight excluding hydrogens is 256 g/mol. The first-order valence-electron chi connectivity index (χ1n) is 6.85. The third-order valence-electron chi connectivity index (χ3n) is 3.32. The van der Waals surface area contributed by atoms with Crippen molar-refractivity contribution in [3.63, 3.8) is 0 Å². The van der Waals surface area contributed by atoms with Gasteiger partial charge in [0.2, 0.25) is 0 Å². The van der Waals surface area contributed by atoms with Gasteiger partial charge in [-0.05, 0) is 36.5 Å². The molecule has 0 aliphatic rings. The molecule has 112 valence electrons. The Hall–Kier alpha value is -1.52. The molecule has 0 aliphatic heterocycles. The highest BCUT2D eigenvalue weighted by molar-refractivity contribution is 5.37. The van der Waals surface area contributed by atoms with Gasteiger partial charge >= 0.3 is 0 Å². The van der Waals surface area contributed by atoms with Gasteiger partial charge in [-0.3, -0.25) is 0 Å². The van der Waals surface area contributed by atoms with Crippen LogP contribution in [-0.2, 0) is 0 Å². The minimum Gasteiger partial charge on any atom is -0.508 e. The molecule has 4 heteroatoms. The molecular formula is C16H24O4. The summed E-state index contributed by atoms with van der Waals surface area (Å²) in [4.78, 5) is 0. The first kappa shape index (κ1) is 16.5. The fourth-order valence-electron chi connectivity index (χ4n) is 2.42. The summed E-state index contributed by atoms with van der Waals surface area (Å²) in [6.07, 6.45) is 0.968. The van der Waals surface area contributed by atoms with Gasteiger partial charge in [-0.25, -0.2) is 0 Å². The van der Waals surface area contributed by atoms with Crippen molar-refractivity contribution in [1.29, 1.82) is 0 Å². The van der Waals surface area contributed by atoms with Gasteiger partial charge in [-0.2, -0.15) is 0 Å². The maximum absolute atomic E-state index is 10.5. The van der Waals surface area contributed by atoms with Crippen molar-refractivity contribution in [2.45, 2.75) is 38.9 Å². The zero-order chi connectivity index (χ0) is 15.3. The Morgan fingerprint density at radius 3 is 2.10 bits per heavy atom. The SMILES string of the molecule is C=CC[C@@H](O)[C@@H](CC(C)C)[C@@H](O)c1cc(O)cc(O)c1. The number of rotatable bonds is 7. The number of aliphatic hydroxyl groups excluding tert-OH is 2. The summed E-state index contributed by atoms with van der Waals surface area (Å²) in [6, 6.07) is 4.00. The predicted octanol–water partition coefficient (Wildman–Crippen LogP) is 2.73. The van der Waals surface area contributed by atoms with Gasteiger partial charge in [0.05, 0.1) is 12.2 Å². The number of benzene rings is 1. The number of phenolic OH excluding ortho intramolecular Hbond substituents is 2. The summed E-state index contributed by atoms with van der Waals surface area (Å²) < 4.78 is 0. The highest BCUT2D eigenvalue weighted by Gasteiger charge is 2.28. The van der Waals surface area contributed by atoms with Crippen LogP contribution in [0.4, 0.5) is 0 Å². The quantitative estimate of drug-likeness (QED) is 0.579. The molecule has 3 atom stereocenters. The van der Waals surface area contributed by atoms with Gasteiger partial charge in [-0.15, -0.1) is 6.58 Å². The molecule has 0 spiro atoms. The monoisotopic (exact) mass is 280 g/mol. The Morgan fingerprint density at radius 1 is 1.10 bits per heavy atom. The van der Waals surface area contributed by atoms with Crippen molar-refractivity contribution in [2.24, 2.45) is 11.8 Å². The second-order valence-corrected chi connectivity index (χ2v) is 5.61. The van der Waals surface area contributed by atoms with E-state index in [-0.39, 0.29) is 17.4 Å². The van der Waals surface area contributed by atoms with Crippen molar-refractivity contribution in [3.05, 3.63) is 36.4 Å². The zero-order valence-electron chi connectivity index (χ0n) is 12.0.